The van der Waals surface area contributed by atoms with Crippen molar-refractivity contribution in [2.75, 3.05) is 12.3 Å². The molecule has 0 spiro atoms. The standard InChI is InChI=1S/C15H21ClN2O2/c1-10-3-2-6-15(20,8-10)9-18-14(19)11-4-5-12(16)13(17)7-11/h4-5,7,10,20H,2-3,6,8-9,17H2,1H3,(H,18,19). The maximum Gasteiger partial charge on any atom is 0.251 e. The van der Waals surface area contributed by atoms with Crippen LogP contribution in [0.1, 0.15) is 43.0 Å². The Labute approximate surface area is 124 Å². The third kappa shape index (κ3) is 3.64. The van der Waals surface area contributed by atoms with Crippen molar-refractivity contribution in [3.8, 4) is 0 Å². The molecular formula is C15H21ClN2O2. The number of benzene rings is 1. The fourth-order valence-corrected chi connectivity index (χ4v) is 2.94. The lowest BCUT2D eigenvalue weighted by Gasteiger charge is -2.35. The summed E-state index contributed by atoms with van der Waals surface area (Å²) in [5.41, 5.74) is 5.73. The molecule has 1 amide bonds. The van der Waals surface area contributed by atoms with Crippen LogP contribution in [0.2, 0.25) is 5.02 Å². The first kappa shape index (κ1) is 15.1. The lowest BCUT2D eigenvalue weighted by molar-refractivity contribution is -0.0109. The summed E-state index contributed by atoms with van der Waals surface area (Å²) in [6, 6.07) is 4.77. The number of rotatable bonds is 3. The largest absolute Gasteiger partial charge is 0.398 e. The van der Waals surface area contributed by atoms with Gasteiger partial charge in [-0.1, -0.05) is 31.4 Å². The van der Waals surface area contributed by atoms with Crippen LogP contribution in [0.25, 0.3) is 0 Å². The van der Waals surface area contributed by atoms with E-state index in [-0.39, 0.29) is 12.5 Å². The Morgan fingerprint density at radius 1 is 1.60 bits per heavy atom. The van der Waals surface area contributed by atoms with Crippen LogP contribution in [0.4, 0.5) is 5.69 Å². The van der Waals surface area contributed by atoms with E-state index in [9.17, 15) is 9.90 Å². The van der Waals surface area contributed by atoms with Gasteiger partial charge in [0.15, 0.2) is 0 Å². The summed E-state index contributed by atoms with van der Waals surface area (Å²) in [5, 5.41) is 13.7. The van der Waals surface area contributed by atoms with E-state index >= 15 is 0 Å². The molecule has 1 fully saturated rings. The minimum atomic E-state index is -0.786. The summed E-state index contributed by atoms with van der Waals surface area (Å²) < 4.78 is 0. The average Bonchev–Trinajstić information content (AvgIpc) is 2.39. The molecule has 0 radical (unpaired) electrons. The van der Waals surface area contributed by atoms with Crippen LogP contribution in [-0.4, -0.2) is 23.2 Å². The second-order valence-electron chi connectivity index (χ2n) is 5.84. The summed E-state index contributed by atoms with van der Waals surface area (Å²) in [6.45, 7) is 2.41. The zero-order valence-corrected chi connectivity index (χ0v) is 12.4. The summed E-state index contributed by atoms with van der Waals surface area (Å²) in [6.07, 6.45) is 3.61. The number of carbonyl (C=O) groups excluding carboxylic acids is 1. The van der Waals surface area contributed by atoms with E-state index in [1.807, 2.05) is 0 Å². The molecule has 1 aliphatic rings. The average molecular weight is 297 g/mol. The molecule has 0 aliphatic heterocycles. The predicted octanol–water partition coefficient (Wildman–Crippen LogP) is 2.59. The SMILES string of the molecule is CC1CCCC(O)(CNC(=O)c2ccc(Cl)c(N)c2)C1. The lowest BCUT2D eigenvalue weighted by atomic mass is 9.79. The highest BCUT2D eigenvalue weighted by molar-refractivity contribution is 6.33. The van der Waals surface area contributed by atoms with Gasteiger partial charge in [-0.05, 0) is 37.0 Å². The molecule has 2 rings (SSSR count). The number of carbonyl (C=O) groups is 1. The monoisotopic (exact) mass is 296 g/mol. The van der Waals surface area contributed by atoms with Crippen molar-refractivity contribution in [2.24, 2.45) is 5.92 Å². The van der Waals surface area contributed by atoms with Crippen molar-refractivity contribution in [2.45, 2.75) is 38.2 Å². The minimum absolute atomic E-state index is 0.236. The maximum atomic E-state index is 12.1. The van der Waals surface area contributed by atoms with Crippen molar-refractivity contribution in [3.05, 3.63) is 28.8 Å². The number of hydrogen-bond acceptors (Lipinski definition) is 3. The number of aliphatic hydroxyl groups is 1. The molecular weight excluding hydrogens is 276 g/mol. The zero-order chi connectivity index (χ0) is 14.8. The number of hydrogen-bond donors (Lipinski definition) is 3. The number of nitrogens with one attached hydrogen (secondary N) is 1. The van der Waals surface area contributed by atoms with E-state index in [4.69, 9.17) is 17.3 Å². The first-order valence-electron chi connectivity index (χ1n) is 6.95. The van der Waals surface area contributed by atoms with Crippen molar-refractivity contribution in [1.82, 2.24) is 5.32 Å². The topological polar surface area (TPSA) is 75.3 Å². The van der Waals surface area contributed by atoms with Crippen LogP contribution in [0.3, 0.4) is 0 Å². The van der Waals surface area contributed by atoms with Gasteiger partial charge in [0.05, 0.1) is 16.3 Å². The van der Waals surface area contributed by atoms with E-state index in [2.05, 4.69) is 12.2 Å². The number of halogens is 1. The molecule has 20 heavy (non-hydrogen) atoms. The van der Waals surface area contributed by atoms with Gasteiger partial charge in [-0.15, -0.1) is 0 Å². The Morgan fingerprint density at radius 3 is 3.00 bits per heavy atom. The predicted molar refractivity (Wildman–Crippen MR) is 80.8 cm³/mol. The summed E-state index contributed by atoms with van der Waals surface area (Å²) >= 11 is 5.83. The molecule has 0 saturated heterocycles. The Bertz CT molecular complexity index is 507. The number of anilines is 1. The lowest BCUT2D eigenvalue weighted by Crippen LogP contribution is -2.45. The van der Waals surface area contributed by atoms with Gasteiger partial charge >= 0.3 is 0 Å². The van der Waals surface area contributed by atoms with Crippen molar-refractivity contribution in [3.63, 3.8) is 0 Å². The van der Waals surface area contributed by atoms with Gasteiger partial charge < -0.3 is 16.2 Å². The highest BCUT2D eigenvalue weighted by atomic mass is 35.5. The fourth-order valence-electron chi connectivity index (χ4n) is 2.82. The molecule has 110 valence electrons. The molecule has 5 heteroatoms. The molecule has 2 atom stereocenters. The highest BCUT2D eigenvalue weighted by Gasteiger charge is 2.32. The first-order valence-corrected chi connectivity index (χ1v) is 7.33. The molecule has 4 N–H and O–H groups in total. The Hall–Kier alpha value is -1.26. The minimum Gasteiger partial charge on any atom is -0.398 e. The molecule has 4 nitrogen and oxygen atoms in total. The molecule has 0 bridgehead atoms. The number of nitrogens with two attached hydrogens (primary N) is 1. The number of nitrogen functional groups attached to an aromatic ring is 1. The Kier molecular flexibility index (Phi) is 4.55. The van der Waals surface area contributed by atoms with Crippen LogP contribution >= 0.6 is 11.6 Å². The van der Waals surface area contributed by atoms with Gasteiger partial charge in [0.2, 0.25) is 0 Å². The summed E-state index contributed by atoms with van der Waals surface area (Å²) in [7, 11) is 0. The molecule has 1 aromatic rings. The van der Waals surface area contributed by atoms with Crippen LogP contribution in [0.5, 0.6) is 0 Å². The zero-order valence-electron chi connectivity index (χ0n) is 11.7. The molecule has 1 aliphatic carbocycles. The van der Waals surface area contributed by atoms with Gasteiger partial charge in [0, 0.05) is 12.1 Å². The van der Waals surface area contributed by atoms with Crippen LogP contribution in [-0.2, 0) is 0 Å². The summed E-state index contributed by atoms with van der Waals surface area (Å²) in [4.78, 5) is 12.1. The van der Waals surface area contributed by atoms with Crippen molar-refractivity contribution in [1.29, 1.82) is 0 Å². The van der Waals surface area contributed by atoms with Crippen molar-refractivity contribution < 1.29 is 9.90 Å². The summed E-state index contributed by atoms with van der Waals surface area (Å²) in [5.74, 6) is 0.261. The molecule has 0 aromatic heterocycles. The highest BCUT2D eigenvalue weighted by Crippen LogP contribution is 2.31. The second kappa shape index (κ2) is 6.02. The van der Waals surface area contributed by atoms with Gasteiger partial charge in [0.1, 0.15) is 0 Å². The smallest absolute Gasteiger partial charge is 0.251 e. The Balaban J connectivity index is 1.96. The van der Waals surface area contributed by atoms with Gasteiger partial charge in [-0.3, -0.25) is 4.79 Å². The maximum absolute atomic E-state index is 12.1. The van der Waals surface area contributed by atoms with Gasteiger partial charge in [0.25, 0.3) is 5.91 Å². The third-order valence-electron chi connectivity index (χ3n) is 3.90. The normalized spacial score (nSPS) is 26.2. The number of amides is 1. The fraction of sp³-hybridized carbons (Fsp3) is 0.533. The van der Waals surface area contributed by atoms with Gasteiger partial charge in [-0.2, -0.15) is 0 Å². The quantitative estimate of drug-likeness (QED) is 0.751. The molecule has 1 aromatic carbocycles. The van der Waals surface area contributed by atoms with E-state index in [1.165, 1.54) is 0 Å². The second-order valence-corrected chi connectivity index (χ2v) is 6.25. The molecule has 0 heterocycles. The van der Waals surface area contributed by atoms with E-state index < -0.39 is 5.60 Å². The molecule has 2 unspecified atom stereocenters. The first-order chi connectivity index (χ1) is 9.39. The molecule has 1 saturated carbocycles. The van der Waals surface area contributed by atoms with E-state index in [1.54, 1.807) is 18.2 Å². The van der Waals surface area contributed by atoms with Crippen LogP contribution in [0.15, 0.2) is 18.2 Å². The van der Waals surface area contributed by atoms with Crippen LogP contribution < -0.4 is 11.1 Å². The van der Waals surface area contributed by atoms with E-state index in [0.717, 1.165) is 25.7 Å². The van der Waals surface area contributed by atoms with Crippen LogP contribution in [0, 0.1) is 5.92 Å². The third-order valence-corrected chi connectivity index (χ3v) is 4.25. The van der Waals surface area contributed by atoms with Crippen molar-refractivity contribution >= 4 is 23.2 Å². The van der Waals surface area contributed by atoms with E-state index in [0.29, 0.717) is 22.2 Å². The van der Waals surface area contributed by atoms with Gasteiger partial charge in [-0.25, -0.2) is 0 Å². The Morgan fingerprint density at radius 2 is 2.35 bits per heavy atom.